The Morgan fingerprint density at radius 3 is 2.50 bits per heavy atom. The molecule has 0 unspecified atom stereocenters. The first-order valence-corrected chi connectivity index (χ1v) is 9.55. The highest BCUT2D eigenvalue weighted by Gasteiger charge is 2.15. The van der Waals surface area contributed by atoms with Crippen molar-refractivity contribution in [3.8, 4) is 5.75 Å². The number of aromatic amines is 1. The number of H-pyrrole nitrogens is 1. The Hall–Kier alpha value is -2.64. The molecule has 0 atom stereocenters. The van der Waals surface area contributed by atoms with Crippen LogP contribution >= 0.6 is 0 Å². The summed E-state index contributed by atoms with van der Waals surface area (Å²) in [6.07, 6.45) is 0. The van der Waals surface area contributed by atoms with Gasteiger partial charge in [-0.1, -0.05) is 6.07 Å². The average molecular weight is 372 g/mol. The zero-order valence-electron chi connectivity index (χ0n) is 14.8. The Bertz CT molecular complexity index is 1130. The van der Waals surface area contributed by atoms with Crippen LogP contribution in [0.1, 0.15) is 16.7 Å². The third kappa shape index (κ3) is 3.63. The van der Waals surface area contributed by atoms with Crippen molar-refractivity contribution in [3.05, 3.63) is 69.5 Å². The van der Waals surface area contributed by atoms with E-state index in [9.17, 15) is 13.2 Å². The van der Waals surface area contributed by atoms with E-state index in [1.165, 1.54) is 0 Å². The molecule has 0 radical (unpaired) electrons. The number of sulfonamides is 1. The molecular formula is C19H20N2O4S. The van der Waals surface area contributed by atoms with Gasteiger partial charge < -0.3 is 9.72 Å². The molecule has 6 nitrogen and oxygen atoms in total. The zero-order chi connectivity index (χ0) is 18.9. The van der Waals surface area contributed by atoms with Crippen molar-refractivity contribution in [2.24, 2.45) is 0 Å². The molecule has 0 aliphatic rings. The van der Waals surface area contributed by atoms with Crippen LogP contribution in [0.2, 0.25) is 0 Å². The summed E-state index contributed by atoms with van der Waals surface area (Å²) in [5, 5.41) is 0.768. The fourth-order valence-corrected chi connectivity index (χ4v) is 3.72. The summed E-state index contributed by atoms with van der Waals surface area (Å²) in [6, 6.07) is 11.9. The molecule has 0 saturated carbocycles. The van der Waals surface area contributed by atoms with Crippen LogP contribution in [0.25, 0.3) is 10.9 Å². The van der Waals surface area contributed by atoms with Gasteiger partial charge in [0.1, 0.15) is 5.75 Å². The van der Waals surface area contributed by atoms with Crippen LogP contribution in [0.5, 0.6) is 5.75 Å². The number of aryl methyl sites for hydroxylation is 2. The molecule has 7 heteroatoms. The maximum Gasteiger partial charge on any atom is 0.252 e. The number of rotatable bonds is 5. The van der Waals surface area contributed by atoms with Crippen LogP contribution in [-0.2, 0) is 16.6 Å². The van der Waals surface area contributed by atoms with Crippen molar-refractivity contribution in [1.29, 1.82) is 0 Å². The van der Waals surface area contributed by atoms with E-state index in [0.717, 1.165) is 16.5 Å². The normalized spacial score (nSPS) is 11.7. The van der Waals surface area contributed by atoms with Gasteiger partial charge in [0.25, 0.3) is 5.56 Å². The number of ether oxygens (including phenoxy) is 1. The topological polar surface area (TPSA) is 88.3 Å². The molecule has 136 valence electrons. The van der Waals surface area contributed by atoms with E-state index in [1.54, 1.807) is 49.6 Å². The van der Waals surface area contributed by atoms with E-state index in [2.05, 4.69) is 9.71 Å². The number of fused-ring (bicyclic) bond motifs is 1. The van der Waals surface area contributed by atoms with E-state index >= 15 is 0 Å². The molecule has 0 saturated heterocycles. The number of aromatic nitrogens is 1. The average Bonchev–Trinajstić information content (AvgIpc) is 2.61. The molecule has 0 aliphatic heterocycles. The van der Waals surface area contributed by atoms with Crippen molar-refractivity contribution >= 4 is 20.9 Å². The lowest BCUT2D eigenvalue weighted by atomic mass is 10.1. The fourth-order valence-electron chi connectivity index (χ4n) is 2.63. The van der Waals surface area contributed by atoms with Crippen molar-refractivity contribution in [3.63, 3.8) is 0 Å². The first-order chi connectivity index (χ1) is 12.3. The molecule has 1 aromatic heterocycles. The molecule has 3 rings (SSSR count). The van der Waals surface area contributed by atoms with Gasteiger partial charge in [-0.2, -0.15) is 0 Å². The Morgan fingerprint density at radius 1 is 1.04 bits per heavy atom. The smallest absolute Gasteiger partial charge is 0.252 e. The molecule has 1 heterocycles. The minimum Gasteiger partial charge on any atom is -0.497 e. The van der Waals surface area contributed by atoms with Gasteiger partial charge in [0.2, 0.25) is 10.0 Å². The molecule has 0 bridgehead atoms. The molecule has 0 amide bonds. The van der Waals surface area contributed by atoms with Gasteiger partial charge in [0.05, 0.1) is 12.0 Å². The summed E-state index contributed by atoms with van der Waals surface area (Å²) < 4.78 is 32.7. The summed E-state index contributed by atoms with van der Waals surface area (Å²) in [5.41, 5.74) is 2.58. The lowest BCUT2D eigenvalue weighted by molar-refractivity contribution is 0.415. The van der Waals surface area contributed by atoms with Crippen molar-refractivity contribution in [2.75, 3.05) is 7.11 Å². The highest BCUT2D eigenvalue weighted by atomic mass is 32.2. The molecule has 2 N–H and O–H groups in total. The molecule has 2 aromatic carbocycles. The molecule has 0 aliphatic carbocycles. The summed E-state index contributed by atoms with van der Waals surface area (Å²) >= 11 is 0. The third-order valence-corrected chi connectivity index (χ3v) is 5.77. The fraction of sp³-hybridized carbons (Fsp3) is 0.211. The predicted octanol–water partition coefficient (Wildman–Crippen LogP) is 2.63. The predicted molar refractivity (Wildman–Crippen MR) is 101 cm³/mol. The van der Waals surface area contributed by atoms with E-state index < -0.39 is 10.0 Å². The summed E-state index contributed by atoms with van der Waals surface area (Å²) in [5.74, 6) is 0.659. The second kappa shape index (κ2) is 6.93. The second-order valence-corrected chi connectivity index (χ2v) is 7.91. The third-order valence-electron chi connectivity index (χ3n) is 4.37. The minimum atomic E-state index is -3.71. The maximum absolute atomic E-state index is 12.5. The number of hydrogen-bond acceptors (Lipinski definition) is 4. The molecule has 0 spiro atoms. The first kappa shape index (κ1) is 18.2. The van der Waals surface area contributed by atoms with Crippen LogP contribution in [0, 0.1) is 13.8 Å². The van der Waals surface area contributed by atoms with E-state index in [1.807, 2.05) is 13.8 Å². The SMILES string of the molecule is COc1ccc2[nH]c(=O)c(CNS(=O)(=O)c3ccc(C)c(C)c3)cc2c1. The zero-order valence-corrected chi connectivity index (χ0v) is 15.6. The summed E-state index contributed by atoms with van der Waals surface area (Å²) in [6.45, 7) is 3.68. The number of hydrogen-bond donors (Lipinski definition) is 2. The molecular weight excluding hydrogens is 352 g/mol. The standard InChI is InChI=1S/C19H20N2O4S/c1-12-4-6-17(8-13(12)2)26(23,24)20-11-15-9-14-10-16(25-3)5-7-18(14)21-19(15)22/h4-10,20H,11H2,1-3H3,(H,21,22). The van der Waals surface area contributed by atoms with Crippen molar-refractivity contribution < 1.29 is 13.2 Å². The summed E-state index contributed by atoms with van der Waals surface area (Å²) in [7, 11) is -2.15. The van der Waals surface area contributed by atoms with E-state index in [-0.39, 0.29) is 17.0 Å². The molecule has 26 heavy (non-hydrogen) atoms. The van der Waals surface area contributed by atoms with Gasteiger partial charge in [0, 0.05) is 23.0 Å². The second-order valence-electron chi connectivity index (χ2n) is 6.15. The Labute approximate surface area is 151 Å². The highest BCUT2D eigenvalue weighted by molar-refractivity contribution is 7.89. The van der Waals surface area contributed by atoms with Crippen LogP contribution in [0.3, 0.4) is 0 Å². The van der Waals surface area contributed by atoms with E-state index in [0.29, 0.717) is 16.8 Å². The Kier molecular flexibility index (Phi) is 4.84. The number of nitrogens with one attached hydrogen (secondary N) is 2. The van der Waals surface area contributed by atoms with Crippen LogP contribution in [0.15, 0.2) is 52.2 Å². The van der Waals surface area contributed by atoms with Gasteiger partial charge in [-0.05, 0) is 61.4 Å². The van der Waals surface area contributed by atoms with Gasteiger partial charge in [-0.3, -0.25) is 4.79 Å². The Balaban J connectivity index is 1.89. The van der Waals surface area contributed by atoms with Crippen LogP contribution in [0.4, 0.5) is 0 Å². The lowest BCUT2D eigenvalue weighted by Gasteiger charge is -2.09. The van der Waals surface area contributed by atoms with Crippen LogP contribution < -0.4 is 15.0 Å². The highest BCUT2D eigenvalue weighted by Crippen LogP contribution is 2.19. The summed E-state index contributed by atoms with van der Waals surface area (Å²) in [4.78, 5) is 15.2. The van der Waals surface area contributed by atoms with Crippen LogP contribution in [-0.4, -0.2) is 20.5 Å². The quantitative estimate of drug-likeness (QED) is 0.721. The van der Waals surface area contributed by atoms with Crippen molar-refractivity contribution in [1.82, 2.24) is 9.71 Å². The minimum absolute atomic E-state index is 0.0995. The monoisotopic (exact) mass is 372 g/mol. The van der Waals surface area contributed by atoms with Gasteiger partial charge >= 0.3 is 0 Å². The largest absolute Gasteiger partial charge is 0.497 e. The van der Waals surface area contributed by atoms with Gasteiger partial charge in [-0.15, -0.1) is 0 Å². The maximum atomic E-state index is 12.5. The number of benzene rings is 2. The number of methoxy groups -OCH3 is 1. The van der Waals surface area contributed by atoms with E-state index in [4.69, 9.17) is 4.74 Å². The lowest BCUT2D eigenvalue weighted by Crippen LogP contribution is -2.27. The Morgan fingerprint density at radius 2 is 1.81 bits per heavy atom. The van der Waals surface area contributed by atoms with Gasteiger partial charge in [-0.25, -0.2) is 13.1 Å². The number of pyridine rings is 1. The van der Waals surface area contributed by atoms with Gasteiger partial charge in [0.15, 0.2) is 0 Å². The molecule has 3 aromatic rings. The first-order valence-electron chi connectivity index (χ1n) is 8.07. The van der Waals surface area contributed by atoms with Crippen molar-refractivity contribution in [2.45, 2.75) is 25.3 Å². The molecule has 0 fully saturated rings.